The predicted molar refractivity (Wildman–Crippen MR) is 51.7 cm³/mol. The third-order valence-corrected chi connectivity index (χ3v) is 1.60. The third-order valence-electron chi connectivity index (χ3n) is 1.44. The van der Waals surface area contributed by atoms with Gasteiger partial charge >= 0.3 is 0 Å². The predicted octanol–water partition coefficient (Wildman–Crippen LogP) is 3.30. The van der Waals surface area contributed by atoms with Gasteiger partial charge in [0.25, 0.3) is 0 Å². The fraction of sp³-hybridized carbons (Fsp3) is 0.778. The minimum absolute atomic E-state index is 0.109. The highest BCUT2D eigenvalue weighted by Gasteiger charge is 2.22. The van der Waals surface area contributed by atoms with Gasteiger partial charge in [-0.05, 0) is 11.8 Å². The van der Waals surface area contributed by atoms with Gasteiger partial charge in [0.15, 0.2) is 0 Å². The summed E-state index contributed by atoms with van der Waals surface area (Å²) in [7, 11) is 0. The van der Waals surface area contributed by atoms with Crippen LogP contribution in [0.3, 0.4) is 0 Å². The lowest BCUT2D eigenvalue weighted by Crippen LogP contribution is -2.21. The zero-order valence-electron chi connectivity index (χ0n) is 7.44. The minimum atomic E-state index is 0.109. The van der Waals surface area contributed by atoms with Crippen LogP contribution in [0, 0.1) is 5.41 Å². The summed E-state index contributed by atoms with van der Waals surface area (Å²) in [4.78, 5) is 0. The van der Waals surface area contributed by atoms with Crippen LogP contribution in [0.25, 0.3) is 0 Å². The average Bonchev–Trinajstić information content (AvgIpc) is 1.60. The summed E-state index contributed by atoms with van der Waals surface area (Å²) in [5.41, 5.74) is 0.214. The molecule has 0 heterocycles. The molecular weight excluding hydrogens is 140 g/mol. The first-order valence-corrected chi connectivity index (χ1v) is 4.07. The van der Waals surface area contributed by atoms with E-state index in [-0.39, 0.29) is 10.2 Å². The molecule has 0 rings (SSSR count). The Balaban J connectivity index is 4.01. The zero-order chi connectivity index (χ0) is 8.41. The number of hydrogen-bond acceptors (Lipinski definition) is 1. The van der Waals surface area contributed by atoms with Crippen LogP contribution in [0.1, 0.15) is 34.1 Å². The Morgan fingerprint density at radius 2 is 1.70 bits per heavy atom. The quantitative estimate of drug-likeness (QED) is 0.473. The summed E-state index contributed by atoms with van der Waals surface area (Å²) in [6.45, 7) is 12.4. The highest BCUT2D eigenvalue weighted by molar-refractivity contribution is 7.81. The molecule has 0 saturated carbocycles. The molecule has 0 atom stereocenters. The zero-order valence-corrected chi connectivity index (χ0v) is 8.33. The van der Waals surface area contributed by atoms with Crippen molar-refractivity contribution in [2.75, 3.05) is 0 Å². The van der Waals surface area contributed by atoms with Gasteiger partial charge < -0.3 is 0 Å². The van der Waals surface area contributed by atoms with Gasteiger partial charge in [0.2, 0.25) is 0 Å². The van der Waals surface area contributed by atoms with Gasteiger partial charge in [-0.2, -0.15) is 12.6 Å². The van der Waals surface area contributed by atoms with Crippen LogP contribution in [0.2, 0.25) is 0 Å². The standard InChI is InChI=1S/C9H18S/c1-6-8(2,3)7-9(4,5)10/h6,10H,1,7H2,2-5H3. The van der Waals surface area contributed by atoms with E-state index in [4.69, 9.17) is 0 Å². The fourth-order valence-electron chi connectivity index (χ4n) is 1.19. The molecule has 10 heavy (non-hydrogen) atoms. The van der Waals surface area contributed by atoms with E-state index in [9.17, 15) is 0 Å². The van der Waals surface area contributed by atoms with E-state index in [1.165, 1.54) is 0 Å². The molecule has 0 fully saturated rings. The van der Waals surface area contributed by atoms with Crippen LogP contribution < -0.4 is 0 Å². The van der Waals surface area contributed by atoms with Crippen molar-refractivity contribution in [2.24, 2.45) is 5.41 Å². The van der Waals surface area contributed by atoms with E-state index in [1.807, 2.05) is 6.08 Å². The first-order valence-electron chi connectivity index (χ1n) is 3.63. The first kappa shape index (κ1) is 10.1. The van der Waals surface area contributed by atoms with Gasteiger partial charge in [-0.15, -0.1) is 6.58 Å². The minimum Gasteiger partial charge on any atom is -0.173 e. The molecule has 0 N–H and O–H groups in total. The summed E-state index contributed by atoms with van der Waals surface area (Å²) < 4.78 is 0.109. The number of thiol groups is 1. The SMILES string of the molecule is C=CC(C)(C)CC(C)(C)S. The Bertz CT molecular complexity index is 117. The van der Waals surface area contributed by atoms with Gasteiger partial charge in [-0.3, -0.25) is 0 Å². The fourth-order valence-corrected chi connectivity index (χ4v) is 1.59. The topological polar surface area (TPSA) is 0 Å². The highest BCUT2D eigenvalue weighted by Crippen LogP contribution is 2.31. The lowest BCUT2D eigenvalue weighted by Gasteiger charge is -2.28. The lowest BCUT2D eigenvalue weighted by atomic mass is 9.84. The van der Waals surface area contributed by atoms with Crippen molar-refractivity contribution in [3.05, 3.63) is 12.7 Å². The number of hydrogen-bond donors (Lipinski definition) is 1. The maximum atomic E-state index is 4.45. The van der Waals surface area contributed by atoms with Crippen molar-refractivity contribution in [1.29, 1.82) is 0 Å². The molecule has 0 amide bonds. The van der Waals surface area contributed by atoms with E-state index >= 15 is 0 Å². The van der Waals surface area contributed by atoms with Gasteiger partial charge in [-0.1, -0.05) is 33.8 Å². The normalized spacial score (nSPS) is 13.3. The summed E-state index contributed by atoms with van der Waals surface area (Å²) >= 11 is 4.45. The van der Waals surface area contributed by atoms with Crippen molar-refractivity contribution in [3.63, 3.8) is 0 Å². The monoisotopic (exact) mass is 158 g/mol. The van der Waals surface area contributed by atoms with Gasteiger partial charge in [-0.25, -0.2) is 0 Å². The van der Waals surface area contributed by atoms with E-state index in [1.54, 1.807) is 0 Å². The summed E-state index contributed by atoms with van der Waals surface area (Å²) in [6, 6.07) is 0. The molecule has 0 bridgehead atoms. The molecule has 0 aliphatic heterocycles. The summed E-state index contributed by atoms with van der Waals surface area (Å²) in [5, 5.41) is 0. The van der Waals surface area contributed by atoms with Crippen molar-refractivity contribution < 1.29 is 0 Å². The second-order valence-electron chi connectivity index (χ2n) is 4.18. The van der Waals surface area contributed by atoms with Crippen molar-refractivity contribution in [2.45, 2.75) is 38.9 Å². The Morgan fingerprint density at radius 1 is 1.30 bits per heavy atom. The van der Waals surface area contributed by atoms with Crippen molar-refractivity contribution in [3.8, 4) is 0 Å². The Kier molecular flexibility index (Phi) is 3.02. The number of allylic oxidation sites excluding steroid dienone is 1. The summed E-state index contributed by atoms with van der Waals surface area (Å²) in [5.74, 6) is 0. The van der Waals surface area contributed by atoms with Crippen LogP contribution >= 0.6 is 12.6 Å². The smallest absolute Gasteiger partial charge is 0.00812 e. The lowest BCUT2D eigenvalue weighted by molar-refractivity contribution is 0.391. The molecule has 0 aliphatic carbocycles. The second-order valence-corrected chi connectivity index (χ2v) is 5.39. The molecule has 60 valence electrons. The Hall–Kier alpha value is 0.0900. The van der Waals surface area contributed by atoms with Crippen molar-refractivity contribution >= 4 is 12.6 Å². The maximum Gasteiger partial charge on any atom is 0.00812 e. The van der Waals surface area contributed by atoms with Gasteiger partial charge in [0, 0.05) is 4.75 Å². The van der Waals surface area contributed by atoms with Crippen molar-refractivity contribution in [1.82, 2.24) is 0 Å². The molecule has 0 aliphatic rings. The van der Waals surface area contributed by atoms with Gasteiger partial charge in [0.05, 0.1) is 0 Å². The first-order chi connectivity index (χ1) is 4.27. The average molecular weight is 158 g/mol. The summed E-state index contributed by atoms with van der Waals surface area (Å²) in [6.07, 6.45) is 3.05. The molecule has 0 nitrogen and oxygen atoms in total. The van der Waals surface area contributed by atoms with E-state index < -0.39 is 0 Å². The molecule has 0 saturated heterocycles. The molecule has 0 unspecified atom stereocenters. The second kappa shape index (κ2) is 3.00. The van der Waals surface area contributed by atoms with Gasteiger partial charge in [0.1, 0.15) is 0 Å². The molecule has 0 radical (unpaired) electrons. The third kappa shape index (κ3) is 4.92. The van der Waals surface area contributed by atoms with Crippen LogP contribution in [-0.2, 0) is 0 Å². The largest absolute Gasteiger partial charge is 0.173 e. The van der Waals surface area contributed by atoms with E-state index in [0.717, 1.165) is 6.42 Å². The Labute approximate surface area is 70.1 Å². The van der Waals surface area contributed by atoms with Crippen LogP contribution in [0.5, 0.6) is 0 Å². The van der Waals surface area contributed by atoms with E-state index in [0.29, 0.717) is 0 Å². The molecule has 1 heteroatoms. The van der Waals surface area contributed by atoms with Crippen LogP contribution in [-0.4, -0.2) is 4.75 Å². The number of rotatable bonds is 3. The molecule has 0 spiro atoms. The molecule has 0 aromatic carbocycles. The maximum absolute atomic E-state index is 4.45. The molecule has 0 aromatic rings. The molecular formula is C9H18S. The highest BCUT2D eigenvalue weighted by atomic mass is 32.1. The Morgan fingerprint density at radius 3 is 1.80 bits per heavy atom. The van der Waals surface area contributed by atoms with E-state index in [2.05, 4.69) is 46.9 Å². The van der Waals surface area contributed by atoms with Crippen LogP contribution in [0.15, 0.2) is 12.7 Å². The van der Waals surface area contributed by atoms with Crippen LogP contribution in [0.4, 0.5) is 0 Å². The molecule has 0 aromatic heterocycles.